The first-order chi connectivity index (χ1) is 12.5. The van der Waals surface area contributed by atoms with Crippen molar-refractivity contribution in [3.8, 4) is 11.5 Å². The lowest BCUT2D eigenvalue weighted by Crippen LogP contribution is -2.27. The van der Waals surface area contributed by atoms with Gasteiger partial charge < -0.3 is 25.0 Å². The van der Waals surface area contributed by atoms with E-state index in [1.165, 1.54) is 0 Å². The van der Waals surface area contributed by atoms with Crippen LogP contribution in [0.15, 0.2) is 36.5 Å². The number of aromatic nitrogens is 1. The molecule has 1 aromatic heterocycles. The van der Waals surface area contributed by atoms with Crippen LogP contribution >= 0.6 is 0 Å². The van der Waals surface area contributed by atoms with Gasteiger partial charge in [0.15, 0.2) is 0 Å². The summed E-state index contributed by atoms with van der Waals surface area (Å²) in [5.41, 5.74) is 1.89. The lowest BCUT2D eigenvalue weighted by Gasteiger charge is -2.13. The highest BCUT2D eigenvalue weighted by atomic mass is 16.5. The van der Waals surface area contributed by atoms with Crippen LogP contribution in [0.1, 0.15) is 16.9 Å². The number of amides is 1. The second kappa shape index (κ2) is 9.62. The first-order valence-corrected chi connectivity index (χ1v) is 8.41. The van der Waals surface area contributed by atoms with Crippen LogP contribution in [-0.2, 0) is 0 Å². The number of hydrogen-bond acceptors (Lipinski definition) is 6. The van der Waals surface area contributed by atoms with Crippen LogP contribution in [0.25, 0.3) is 0 Å². The van der Waals surface area contributed by atoms with Crippen molar-refractivity contribution >= 4 is 17.3 Å². The van der Waals surface area contributed by atoms with Gasteiger partial charge in [-0.05, 0) is 51.3 Å². The van der Waals surface area contributed by atoms with Crippen molar-refractivity contribution in [3.63, 3.8) is 0 Å². The average Bonchev–Trinajstić information content (AvgIpc) is 2.65. The number of ether oxygens (including phenoxy) is 2. The van der Waals surface area contributed by atoms with Gasteiger partial charge in [0, 0.05) is 24.5 Å². The predicted molar refractivity (Wildman–Crippen MR) is 103 cm³/mol. The topological polar surface area (TPSA) is 75.7 Å². The van der Waals surface area contributed by atoms with E-state index in [0.717, 1.165) is 24.3 Å². The third-order valence-corrected chi connectivity index (χ3v) is 3.75. The summed E-state index contributed by atoms with van der Waals surface area (Å²) < 4.78 is 10.6. The zero-order chi connectivity index (χ0) is 18.9. The van der Waals surface area contributed by atoms with E-state index in [1.54, 1.807) is 38.6 Å². The number of anilines is 2. The Morgan fingerprint density at radius 1 is 1.15 bits per heavy atom. The Bertz CT molecular complexity index is 734. The number of carbonyl (C=O) groups excluding carboxylic acids is 1. The Morgan fingerprint density at radius 2 is 1.96 bits per heavy atom. The van der Waals surface area contributed by atoms with Gasteiger partial charge >= 0.3 is 0 Å². The van der Waals surface area contributed by atoms with Gasteiger partial charge in [0.25, 0.3) is 5.91 Å². The predicted octanol–water partition coefficient (Wildman–Crippen LogP) is 2.52. The van der Waals surface area contributed by atoms with Crippen LogP contribution in [0.2, 0.25) is 0 Å². The summed E-state index contributed by atoms with van der Waals surface area (Å²) in [6.07, 6.45) is 2.49. The summed E-state index contributed by atoms with van der Waals surface area (Å²) in [6, 6.07) is 9.00. The Kier molecular flexibility index (Phi) is 7.23. The molecule has 0 fully saturated rings. The molecule has 1 amide bonds. The number of carbonyl (C=O) groups is 1. The van der Waals surface area contributed by atoms with E-state index < -0.39 is 0 Å². The van der Waals surface area contributed by atoms with E-state index in [0.29, 0.717) is 23.7 Å². The first-order valence-electron chi connectivity index (χ1n) is 8.41. The molecule has 0 spiro atoms. The molecule has 7 nitrogen and oxygen atoms in total. The van der Waals surface area contributed by atoms with Crippen LogP contribution in [0.4, 0.5) is 11.4 Å². The molecule has 0 saturated heterocycles. The van der Waals surface area contributed by atoms with E-state index in [4.69, 9.17) is 9.47 Å². The summed E-state index contributed by atoms with van der Waals surface area (Å²) >= 11 is 0. The molecule has 1 aromatic carbocycles. The van der Waals surface area contributed by atoms with E-state index in [2.05, 4.69) is 20.5 Å². The molecule has 140 valence electrons. The van der Waals surface area contributed by atoms with E-state index in [9.17, 15) is 4.79 Å². The first kappa shape index (κ1) is 19.5. The standard InChI is InChI=1S/C19H26N4O3/c1-23(2)11-5-9-21-19(24)17-12-14(8-10-20-17)22-16-7-6-15(25-3)13-18(16)26-4/h6-8,10,12-13H,5,9,11H2,1-4H3,(H,20,22)(H,21,24). The summed E-state index contributed by atoms with van der Waals surface area (Å²) in [5, 5.41) is 6.13. The monoisotopic (exact) mass is 358 g/mol. The molecule has 0 aliphatic rings. The van der Waals surface area contributed by atoms with Crippen molar-refractivity contribution in [1.82, 2.24) is 15.2 Å². The Balaban J connectivity index is 2.04. The average molecular weight is 358 g/mol. The van der Waals surface area contributed by atoms with E-state index >= 15 is 0 Å². The fourth-order valence-corrected chi connectivity index (χ4v) is 2.38. The molecular weight excluding hydrogens is 332 g/mol. The highest BCUT2D eigenvalue weighted by Gasteiger charge is 2.10. The Hall–Kier alpha value is -2.80. The van der Waals surface area contributed by atoms with Gasteiger partial charge in [0.05, 0.1) is 19.9 Å². The van der Waals surface area contributed by atoms with Gasteiger partial charge in [-0.3, -0.25) is 9.78 Å². The van der Waals surface area contributed by atoms with Crippen molar-refractivity contribution < 1.29 is 14.3 Å². The number of methoxy groups -OCH3 is 2. The molecular formula is C19H26N4O3. The fraction of sp³-hybridized carbons (Fsp3) is 0.368. The SMILES string of the molecule is COc1ccc(Nc2ccnc(C(=O)NCCCN(C)C)c2)c(OC)c1. The Morgan fingerprint density at radius 3 is 2.65 bits per heavy atom. The second-order valence-electron chi connectivity index (χ2n) is 6.03. The normalized spacial score (nSPS) is 10.5. The number of hydrogen-bond donors (Lipinski definition) is 2. The maximum absolute atomic E-state index is 12.2. The highest BCUT2D eigenvalue weighted by molar-refractivity contribution is 5.93. The van der Waals surface area contributed by atoms with Gasteiger partial charge in [-0.25, -0.2) is 0 Å². The molecule has 2 aromatic rings. The van der Waals surface area contributed by atoms with Gasteiger partial charge in [0.1, 0.15) is 17.2 Å². The number of pyridine rings is 1. The largest absolute Gasteiger partial charge is 0.497 e. The molecule has 0 aliphatic carbocycles. The smallest absolute Gasteiger partial charge is 0.269 e. The van der Waals surface area contributed by atoms with Crippen LogP contribution in [0.5, 0.6) is 11.5 Å². The minimum Gasteiger partial charge on any atom is -0.497 e. The third-order valence-electron chi connectivity index (χ3n) is 3.75. The molecule has 1 heterocycles. The number of nitrogens with one attached hydrogen (secondary N) is 2. The zero-order valence-corrected chi connectivity index (χ0v) is 15.7. The fourth-order valence-electron chi connectivity index (χ4n) is 2.38. The zero-order valence-electron chi connectivity index (χ0n) is 15.7. The third kappa shape index (κ3) is 5.63. The molecule has 0 atom stereocenters. The van der Waals surface area contributed by atoms with Gasteiger partial charge in [-0.1, -0.05) is 0 Å². The highest BCUT2D eigenvalue weighted by Crippen LogP contribution is 2.31. The number of benzene rings is 1. The van der Waals surface area contributed by atoms with Crippen LogP contribution in [-0.4, -0.2) is 57.2 Å². The Labute approximate surface area is 154 Å². The lowest BCUT2D eigenvalue weighted by molar-refractivity contribution is 0.0947. The summed E-state index contributed by atoms with van der Waals surface area (Å²) in [6.45, 7) is 1.54. The van der Waals surface area contributed by atoms with Crippen molar-refractivity contribution in [2.75, 3.05) is 46.7 Å². The molecule has 0 saturated carbocycles. The van der Waals surface area contributed by atoms with Crippen LogP contribution in [0.3, 0.4) is 0 Å². The maximum atomic E-state index is 12.2. The van der Waals surface area contributed by atoms with Gasteiger partial charge in [-0.15, -0.1) is 0 Å². The van der Waals surface area contributed by atoms with Gasteiger partial charge in [-0.2, -0.15) is 0 Å². The molecule has 0 bridgehead atoms. The molecule has 2 N–H and O–H groups in total. The van der Waals surface area contributed by atoms with Crippen molar-refractivity contribution in [2.45, 2.75) is 6.42 Å². The summed E-state index contributed by atoms with van der Waals surface area (Å²) in [7, 11) is 7.21. The minimum absolute atomic E-state index is 0.186. The molecule has 0 radical (unpaired) electrons. The quantitative estimate of drug-likeness (QED) is 0.671. The molecule has 7 heteroatoms. The van der Waals surface area contributed by atoms with Crippen molar-refractivity contribution in [2.24, 2.45) is 0 Å². The van der Waals surface area contributed by atoms with E-state index in [1.807, 2.05) is 26.2 Å². The summed E-state index contributed by atoms with van der Waals surface area (Å²) in [4.78, 5) is 18.5. The molecule has 0 aliphatic heterocycles. The number of nitrogens with zero attached hydrogens (tertiary/aromatic N) is 2. The summed E-state index contributed by atoms with van der Waals surface area (Å²) in [5.74, 6) is 1.17. The van der Waals surface area contributed by atoms with E-state index in [-0.39, 0.29) is 5.91 Å². The second-order valence-corrected chi connectivity index (χ2v) is 6.03. The van der Waals surface area contributed by atoms with Crippen LogP contribution < -0.4 is 20.1 Å². The maximum Gasteiger partial charge on any atom is 0.269 e. The number of rotatable bonds is 9. The van der Waals surface area contributed by atoms with Crippen molar-refractivity contribution in [3.05, 3.63) is 42.2 Å². The van der Waals surface area contributed by atoms with Crippen LogP contribution in [0, 0.1) is 0 Å². The molecule has 2 rings (SSSR count). The minimum atomic E-state index is -0.186. The van der Waals surface area contributed by atoms with Gasteiger partial charge in [0.2, 0.25) is 0 Å². The molecule has 0 unspecified atom stereocenters. The van der Waals surface area contributed by atoms with Crippen molar-refractivity contribution in [1.29, 1.82) is 0 Å². The molecule has 26 heavy (non-hydrogen) atoms. The lowest BCUT2D eigenvalue weighted by atomic mass is 10.2.